The van der Waals surface area contributed by atoms with Crippen molar-refractivity contribution >= 4 is 0 Å². The molecule has 3 nitrogen and oxygen atoms in total. The normalized spacial score (nSPS) is 10.4. The van der Waals surface area contributed by atoms with Crippen LogP contribution in [0, 0.1) is 18.3 Å². The fourth-order valence-corrected chi connectivity index (χ4v) is 1.93. The largest absolute Gasteiger partial charge is 0.238 e. The maximum Gasteiger partial charge on any atom is 0.144 e. The zero-order chi connectivity index (χ0) is 12.0. The first-order valence-corrected chi connectivity index (χ1v) is 5.96. The molecule has 0 saturated heterocycles. The summed E-state index contributed by atoms with van der Waals surface area (Å²) < 4.78 is 0. The third kappa shape index (κ3) is 3.30. The van der Waals surface area contributed by atoms with Crippen molar-refractivity contribution in [2.45, 2.75) is 52.4 Å². The third-order valence-corrected chi connectivity index (χ3v) is 2.63. The molecule has 0 aliphatic carbocycles. The molecule has 0 aliphatic rings. The number of aromatic nitrogens is 2. The molecule has 0 bridgehead atoms. The van der Waals surface area contributed by atoms with Gasteiger partial charge in [-0.2, -0.15) is 5.26 Å². The lowest BCUT2D eigenvalue weighted by Crippen LogP contribution is -2.07. The number of rotatable bonds is 5. The van der Waals surface area contributed by atoms with Crippen LogP contribution in [0.3, 0.4) is 0 Å². The molecular weight excluding hydrogens is 198 g/mol. The number of nitrogens with zero attached hydrogens (tertiary/aromatic N) is 3. The fourth-order valence-electron chi connectivity index (χ4n) is 1.93. The number of hydrogen-bond acceptors (Lipinski definition) is 3. The maximum atomic E-state index is 8.89. The van der Waals surface area contributed by atoms with E-state index < -0.39 is 0 Å². The SMILES string of the molecule is CCCC(CCC)c1nc(C)cc(C#N)n1. The van der Waals surface area contributed by atoms with E-state index in [2.05, 4.69) is 29.9 Å². The second-order valence-corrected chi connectivity index (χ2v) is 4.14. The summed E-state index contributed by atoms with van der Waals surface area (Å²) in [7, 11) is 0. The molecule has 0 amide bonds. The number of nitriles is 1. The van der Waals surface area contributed by atoms with E-state index in [1.807, 2.05) is 6.92 Å². The highest BCUT2D eigenvalue weighted by molar-refractivity contribution is 5.23. The Bertz CT molecular complexity index is 373. The van der Waals surface area contributed by atoms with Gasteiger partial charge in [0.1, 0.15) is 17.6 Å². The van der Waals surface area contributed by atoms with Crippen LogP contribution < -0.4 is 0 Å². The van der Waals surface area contributed by atoms with Gasteiger partial charge in [-0.3, -0.25) is 0 Å². The van der Waals surface area contributed by atoms with Gasteiger partial charge in [-0.1, -0.05) is 26.7 Å². The van der Waals surface area contributed by atoms with Crippen molar-refractivity contribution in [2.75, 3.05) is 0 Å². The highest BCUT2D eigenvalue weighted by Crippen LogP contribution is 2.23. The monoisotopic (exact) mass is 217 g/mol. The highest BCUT2D eigenvalue weighted by Gasteiger charge is 2.14. The van der Waals surface area contributed by atoms with Gasteiger partial charge in [0.2, 0.25) is 0 Å². The van der Waals surface area contributed by atoms with Crippen molar-refractivity contribution < 1.29 is 0 Å². The lowest BCUT2D eigenvalue weighted by Gasteiger charge is -2.14. The molecule has 3 heteroatoms. The molecule has 0 radical (unpaired) electrons. The van der Waals surface area contributed by atoms with Gasteiger partial charge in [0, 0.05) is 11.6 Å². The minimum atomic E-state index is 0.405. The van der Waals surface area contributed by atoms with Crippen molar-refractivity contribution in [3.63, 3.8) is 0 Å². The van der Waals surface area contributed by atoms with Crippen LogP contribution in [0.1, 0.15) is 62.7 Å². The molecule has 0 N–H and O–H groups in total. The standard InChI is InChI=1S/C13H19N3/c1-4-6-11(7-5-2)13-15-10(3)8-12(9-14)16-13/h8,11H,4-7H2,1-3H3. The zero-order valence-electron chi connectivity index (χ0n) is 10.3. The van der Waals surface area contributed by atoms with E-state index in [-0.39, 0.29) is 0 Å². The van der Waals surface area contributed by atoms with Crippen LogP contribution in [0.2, 0.25) is 0 Å². The Kier molecular flexibility index (Phi) is 4.91. The Labute approximate surface area is 97.5 Å². The molecule has 0 atom stereocenters. The maximum absolute atomic E-state index is 8.89. The number of hydrogen-bond donors (Lipinski definition) is 0. The van der Waals surface area contributed by atoms with Gasteiger partial charge in [-0.25, -0.2) is 9.97 Å². The zero-order valence-corrected chi connectivity index (χ0v) is 10.3. The summed E-state index contributed by atoms with van der Waals surface area (Å²) in [5.74, 6) is 1.25. The van der Waals surface area contributed by atoms with Crippen LogP contribution in [0.5, 0.6) is 0 Å². The van der Waals surface area contributed by atoms with Crippen LogP contribution in [0.4, 0.5) is 0 Å². The fraction of sp³-hybridized carbons (Fsp3) is 0.615. The summed E-state index contributed by atoms with van der Waals surface area (Å²) in [6.07, 6.45) is 4.46. The highest BCUT2D eigenvalue weighted by atomic mass is 14.9. The first-order chi connectivity index (χ1) is 7.71. The van der Waals surface area contributed by atoms with E-state index >= 15 is 0 Å². The molecule has 0 fully saturated rings. The molecule has 0 saturated carbocycles. The average molecular weight is 217 g/mol. The van der Waals surface area contributed by atoms with Crippen LogP contribution in [-0.2, 0) is 0 Å². The molecule has 1 aromatic rings. The van der Waals surface area contributed by atoms with Crippen molar-refractivity contribution in [3.05, 3.63) is 23.3 Å². The molecule has 0 unspecified atom stereocenters. The van der Waals surface area contributed by atoms with Crippen molar-refractivity contribution in [1.82, 2.24) is 9.97 Å². The van der Waals surface area contributed by atoms with E-state index in [1.165, 1.54) is 0 Å². The average Bonchev–Trinajstić information content (AvgIpc) is 2.28. The minimum Gasteiger partial charge on any atom is -0.238 e. The summed E-state index contributed by atoms with van der Waals surface area (Å²) in [6, 6.07) is 3.83. The molecular formula is C13H19N3. The van der Waals surface area contributed by atoms with Gasteiger partial charge in [-0.15, -0.1) is 0 Å². The minimum absolute atomic E-state index is 0.405. The van der Waals surface area contributed by atoms with Gasteiger partial charge >= 0.3 is 0 Å². The van der Waals surface area contributed by atoms with Gasteiger partial charge in [0.15, 0.2) is 0 Å². The topological polar surface area (TPSA) is 49.6 Å². The summed E-state index contributed by atoms with van der Waals surface area (Å²) in [5.41, 5.74) is 1.37. The van der Waals surface area contributed by atoms with Crippen LogP contribution in [0.15, 0.2) is 6.07 Å². The Morgan fingerprint density at radius 1 is 1.25 bits per heavy atom. The third-order valence-electron chi connectivity index (χ3n) is 2.63. The molecule has 1 rings (SSSR count). The summed E-state index contributed by atoms with van der Waals surface area (Å²) in [5, 5.41) is 8.89. The van der Waals surface area contributed by atoms with E-state index in [0.717, 1.165) is 37.2 Å². The van der Waals surface area contributed by atoms with E-state index in [4.69, 9.17) is 5.26 Å². The Hall–Kier alpha value is -1.43. The van der Waals surface area contributed by atoms with Crippen LogP contribution in [-0.4, -0.2) is 9.97 Å². The van der Waals surface area contributed by atoms with E-state index in [9.17, 15) is 0 Å². The lowest BCUT2D eigenvalue weighted by atomic mass is 9.97. The van der Waals surface area contributed by atoms with Gasteiger partial charge in [0.25, 0.3) is 0 Å². The lowest BCUT2D eigenvalue weighted by molar-refractivity contribution is 0.531. The van der Waals surface area contributed by atoms with E-state index in [0.29, 0.717) is 11.6 Å². The molecule has 1 heterocycles. The van der Waals surface area contributed by atoms with Gasteiger partial charge in [-0.05, 0) is 25.8 Å². The quantitative estimate of drug-likeness (QED) is 0.760. The second-order valence-electron chi connectivity index (χ2n) is 4.14. The summed E-state index contributed by atoms with van der Waals surface area (Å²) in [4.78, 5) is 8.77. The van der Waals surface area contributed by atoms with Crippen molar-refractivity contribution in [1.29, 1.82) is 5.26 Å². The molecule has 86 valence electrons. The second kappa shape index (κ2) is 6.22. The number of aryl methyl sites for hydroxylation is 1. The Morgan fingerprint density at radius 3 is 2.38 bits per heavy atom. The Balaban J connectivity index is 2.99. The smallest absolute Gasteiger partial charge is 0.144 e. The predicted molar refractivity (Wildman–Crippen MR) is 64.0 cm³/mol. The summed E-state index contributed by atoms with van der Waals surface area (Å²) >= 11 is 0. The van der Waals surface area contributed by atoms with Crippen LogP contribution >= 0.6 is 0 Å². The Morgan fingerprint density at radius 2 is 1.88 bits per heavy atom. The molecule has 1 aromatic heterocycles. The van der Waals surface area contributed by atoms with E-state index in [1.54, 1.807) is 6.07 Å². The first-order valence-electron chi connectivity index (χ1n) is 5.96. The van der Waals surface area contributed by atoms with Crippen molar-refractivity contribution in [3.8, 4) is 6.07 Å². The summed E-state index contributed by atoms with van der Waals surface area (Å²) in [6.45, 7) is 6.26. The van der Waals surface area contributed by atoms with Gasteiger partial charge in [0.05, 0.1) is 0 Å². The molecule has 0 spiro atoms. The molecule has 16 heavy (non-hydrogen) atoms. The first kappa shape index (κ1) is 12.6. The molecule has 0 aromatic carbocycles. The molecule has 0 aliphatic heterocycles. The van der Waals surface area contributed by atoms with Crippen LogP contribution in [0.25, 0.3) is 0 Å². The van der Waals surface area contributed by atoms with Gasteiger partial charge < -0.3 is 0 Å². The van der Waals surface area contributed by atoms with Crippen molar-refractivity contribution in [2.24, 2.45) is 0 Å². The predicted octanol–water partition coefficient (Wildman–Crippen LogP) is 3.34.